The highest BCUT2D eigenvalue weighted by atomic mass is 79.9. The van der Waals surface area contributed by atoms with Crippen molar-refractivity contribution in [3.05, 3.63) is 123 Å². The summed E-state index contributed by atoms with van der Waals surface area (Å²) < 4.78 is 58.5. The van der Waals surface area contributed by atoms with E-state index < -0.39 is 45.7 Å². The highest BCUT2D eigenvalue weighted by Crippen LogP contribution is 2.39. The second-order valence-corrected chi connectivity index (χ2v) is 11.7. The number of ether oxygens (including phenoxy) is 3. The number of allylic oxidation sites excluding steroid dienone is 1. The summed E-state index contributed by atoms with van der Waals surface area (Å²) in [6.45, 7) is 3.41. The maximum absolute atomic E-state index is 14.1. The molecule has 0 amide bonds. The van der Waals surface area contributed by atoms with Gasteiger partial charge in [-0.3, -0.25) is 19.5 Å². The Bertz CT molecular complexity index is 2090. The Morgan fingerprint density at radius 3 is 2.52 bits per heavy atom. The molecule has 1 aromatic heterocycles. The van der Waals surface area contributed by atoms with E-state index in [1.54, 1.807) is 50.2 Å². The van der Waals surface area contributed by atoms with Crippen LogP contribution in [0.5, 0.6) is 17.2 Å². The average Bonchev–Trinajstić information content (AvgIpc) is 3.31. The number of carbonyl (C=O) groups is 1. The first-order valence-electron chi connectivity index (χ1n) is 13.5. The Morgan fingerprint density at radius 1 is 1.13 bits per heavy atom. The Kier molecular flexibility index (Phi) is 9.17. The second-order valence-electron chi connectivity index (χ2n) is 9.77. The highest BCUT2D eigenvalue weighted by Gasteiger charge is 2.36. The standard InChI is InChI=1S/C31H23BrF3N3O7S/c1-4-44-29(40)26-16(2)36-30-37(27(26)20-7-5-6-8-23(20)43-3)28(39)25(46-30)14-17-13-19(32)10-12-22(17)45-24-11-9-18(31(33,34)35)15-21(24)38(41)42/h5-15,27H,4H2,1-3H3/t27-/m0/s1. The number of hydrogen-bond donors (Lipinski definition) is 0. The molecule has 10 nitrogen and oxygen atoms in total. The lowest BCUT2D eigenvalue weighted by Gasteiger charge is -2.25. The van der Waals surface area contributed by atoms with Crippen LogP contribution in [0.15, 0.2) is 86.2 Å². The molecule has 4 aromatic rings. The van der Waals surface area contributed by atoms with E-state index in [0.29, 0.717) is 33.6 Å². The number of halogens is 4. The summed E-state index contributed by atoms with van der Waals surface area (Å²) in [5.41, 5.74) is -1.29. The van der Waals surface area contributed by atoms with E-state index in [1.165, 1.54) is 23.8 Å². The average molecular weight is 719 g/mol. The van der Waals surface area contributed by atoms with Gasteiger partial charge in [0.15, 0.2) is 4.80 Å². The number of alkyl halides is 3. The summed E-state index contributed by atoms with van der Waals surface area (Å²) in [7, 11) is 1.47. The van der Waals surface area contributed by atoms with Crippen LogP contribution in [0.1, 0.15) is 36.6 Å². The number of aromatic nitrogens is 1. The van der Waals surface area contributed by atoms with Crippen molar-refractivity contribution in [3.63, 3.8) is 0 Å². The third kappa shape index (κ3) is 6.33. The SMILES string of the molecule is CCOC(=O)C1=C(C)N=c2sc(=Cc3cc(Br)ccc3Oc3ccc(C(F)(F)F)cc3[N+](=O)[O-])c(=O)n2[C@H]1c1ccccc1OC. The third-order valence-corrected chi connectivity index (χ3v) is 8.39. The predicted octanol–water partition coefficient (Wildman–Crippen LogP) is 6.29. The topological polar surface area (TPSA) is 122 Å². The number of nitrogens with zero attached hydrogens (tertiary/aromatic N) is 3. The molecule has 2 heterocycles. The van der Waals surface area contributed by atoms with Gasteiger partial charge in [0, 0.05) is 21.7 Å². The number of nitro groups is 1. The zero-order chi connectivity index (χ0) is 33.3. The summed E-state index contributed by atoms with van der Waals surface area (Å²) in [4.78, 5) is 42.8. The molecule has 1 atom stereocenters. The quantitative estimate of drug-likeness (QED) is 0.119. The molecule has 0 saturated carbocycles. The number of benzene rings is 3. The lowest BCUT2D eigenvalue weighted by atomic mass is 9.95. The van der Waals surface area contributed by atoms with Crippen LogP contribution in [-0.2, 0) is 15.7 Å². The van der Waals surface area contributed by atoms with Crippen molar-refractivity contribution >= 4 is 45.0 Å². The molecule has 46 heavy (non-hydrogen) atoms. The molecule has 0 N–H and O–H groups in total. The van der Waals surface area contributed by atoms with Gasteiger partial charge in [-0.2, -0.15) is 13.2 Å². The smallest absolute Gasteiger partial charge is 0.416 e. The molecule has 0 spiro atoms. The van der Waals surface area contributed by atoms with Gasteiger partial charge >= 0.3 is 17.8 Å². The highest BCUT2D eigenvalue weighted by molar-refractivity contribution is 9.10. The van der Waals surface area contributed by atoms with Crippen LogP contribution in [0, 0.1) is 10.1 Å². The molecule has 0 radical (unpaired) electrons. The Hall–Kier alpha value is -4.76. The third-order valence-electron chi connectivity index (χ3n) is 6.91. The zero-order valence-corrected chi connectivity index (χ0v) is 26.7. The molecule has 5 rings (SSSR count). The van der Waals surface area contributed by atoms with Crippen molar-refractivity contribution in [2.75, 3.05) is 13.7 Å². The van der Waals surface area contributed by atoms with Crippen LogP contribution in [-0.4, -0.2) is 29.2 Å². The van der Waals surface area contributed by atoms with E-state index >= 15 is 0 Å². The molecule has 0 bridgehead atoms. The lowest BCUT2D eigenvalue weighted by molar-refractivity contribution is -0.385. The van der Waals surface area contributed by atoms with Gasteiger partial charge in [-0.25, -0.2) is 9.79 Å². The van der Waals surface area contributed by atoms with Crippen molar-refractivity contribution in [1.82, 2.24) is 4.57 Å². The van der Waals surface area contributed by atoms with E-state index in [1.807, 2.05) is 0 Å². The van der Waals surface area contributed by atoms with Gasteiger partial charge in [0.1, 0.15) is 17.5 Å². The van der Waals surface area contributed by atoms with Crippen molar-refractivity contribution in [2.24, 2.45) is 4.99 Å². The number of hydrogen-bond acceptors (Lipinski definition) is 9. The molecule has 0 fully saturated rings. The molecular weight excluding hydrogens is 695 g/mol. The van der Waals surface area contributed by atoms with E-state index in [-0.39, 0.29) is 32.8 Å². The van der Waals surface area contributed by atoms with Gasteiger partial charge in [0.2, 0.25) is 5.75 Å². The number of esters is 1. The molecule has 238 valence electrons. The minimum atomic E-state index is -4.80. The number of thiazole rings is 1. The summed E-state index contributed by atoms with van der Waals surface area (Å²) in [5, 5.41) is 11.7. The minimum absolute atomic E-state index is 0.0292. The number of nitro benzene ring substituents is 1. The molecule has 0 saturated heterocycles. The number of fused-ring (bicyclic) bond motifs is 1. The molecule has 3 aromatic carbocycles. The predicted molar refractivity (Wildman–Crippen MR) is 166 cm³/mol. The first-order valence-corrected chi connectivity index (χ1v) is 15.1. The van der Waals surface area contributed by atoms with Gasteiger partial charge in [0.05, 0.1) is 40.0 Å². The van der Waals surface area contributed by atoms with Crippen molar-refractivity contribution in [2.45, 2.75) is 26.1 Å². The van der Waals surface area contributed by atoms with Gasteiger partial charge in [0.25, 0.3) is 5.56 Å². The maximum Gasteiger partial charge on any atom is 0.416 e. The van der Waals surface area contributed by atoms with E-state index in [0.717, 1.165) is 17.4 Å². The van der Waals surface area contributed by atoms with E-state index in [9.17, 15) is 32.9 Å². The van der Waals surface area contributed by atoms with Gasteiger partial charge in [-0.05, 0) is 56.3 Å². The van der Waals surface area contributed by atoms with Crippen LogP contribution >= 0.6 is 27.3 Å². The van der Waals surface area contributed by atoms with Crippen molar-refractivity contribution in [3.8, 4) is 17.2 Å². The van der Waals surface area contributed by atoms with Crippen LogP contribution in [0.4, 0.5) is 18.9 Å². The molecular formula is C31H23BrF3N3O7S. The zero-order valence-electron chi connectivity index (χ0n) is 24.3. The fraction of sp³-hybridized carbons (Fsp3) is 0.194. The number of para-hydroxylation sites is 1. The van der Waals surface area contributed by atoms with E-state index in [4.69, 9.17) is 14.2 Å². The number of methoxy groups -OCH3 is 1. The van der Waals surface area contributed by atoms with E-state index in [2.05, 4.69) is 20.9 Å². The normalized spacial score (nSPS) is 14.8. The van der Waals surface area contributed by atoms with Crippen LogP contribution < -0.4 is 24.4 Å². The molecule has 15 heteroatoms. The summed E-state index contributed by atoms with van der Waals surface area (Å²) >= 11 is 4.39. The van der Waals surface area contributed by atoms with Crippen LogP contribution in [0.2, 0.25) is 0 Å². The first-order chi connectivity index (χ1) is 21.8. The number of carbonyl (C=O) groups excluding carboxylic acids is 1. The molecule has 1 aliphatic rings. The molecule has 1 aliphatic heterocycles. The fourth-order valence-electron chi connectivity index (χ4n) is 4.89. The van der Waals surface area contributed by atoms with Crippen molar-refractivity contribution < 1.29 is 37.1 Å². The van der Waals surface area contributed by atoms with Gasteiger partial charge in [-0.1, -0.05) is 45.5 Å². The molecule has 0 aliphatic carbocycles. The summed E-state index contributed by atoms with van der Waals surface area (Å²) in [6, 6.07) is 12.5. The maximum atomic E-state index is 14.1. The molecule has 0 unspecified atom stereocenters. The fourth-order valence-corrected chi connectivity index (χ4v) is 6.30. The van der Waals surface area contributed by atoms with Gasteiger partial charge in [-0.15, -0.1) is 0 Å². The largest absolute Gasteiger partial charge is 0.496 e. The first kappa shape index (κ1) is 32.6. The van der Waals surface area contributed by atoms with Crippen molar-refractivity contribution in [1.29, 1.82) is 0 Å². The monoisotopic (exact) mass is 717 g/mol. The van der Waals surface area contributed by atoms with Crippen LogP contribution in [0.25, 0.3) is 6.08 Å². The summed E-state index contributed by atoms with van der Waals surface area (Å²) in [6.07, 6.45) is -3.32. The van der Waals surface area contributed by atoms with Gasteiger partial charge < -0.3 is 14.2 Å². The Morgan fingerprint density at radius 2 is 1.85 bits per heavy atom. The Labute approximate surface area is 271 Å². The van der Waals surface area contributed by atoms with Crippen LogP contribution in [0.3, 0.4) is 0 Å². The number of rotatable bonds is 8. The second kappa shape index (κ2) is 12.9. The Balaban J connectivity index is 1.68. The lowest BCUT2D eigenvalue weighted by Crippen LogP contribution is -2.40. The minimum Gasteiger partial charge on any atom is -0.496 e. The summed E-state index contributed by atoms with van der Waals surface area (Å²) in [5.74, 6) is -0.613.